The zero-order valence-electron chi connectivity index (χ0n) is 17.8. The molecule has 0 atom stereocenters. The van der Waals surface area contributed by atoms with Gasteiger partial charge in [-0.3, -0.25) is 4.79 Å². The van der Waals surface area contributed by atoms with Gasteiger partial charge < -0.3 is 25.2 Å². The molecule has 7 nitrogen and oxygen atoms in total. The molecule has 156 valence electrons. The highest BCUT2D eigenvalue weighted by Crippen LogP contribution is 2.24. The number of aryl methyl sites for hydroxylation is 1. The topological polar surface area (TPSA) is 73.9 Å². The Hall–Kier alpha value is -2.28. The highest BCUT2D eigenvalue weighted by molar-refractivity contribution is 5.92. The number of ether oxygens (including phenoxy) is 1. The van der Waals surface area contributed by atoms with Gasteiger partial charge in [0.2, 0.25) is 5.91 Å². The summed E-state index contributed by atoms with van der Waals surface area (Å²) < 4.78 is 5.15. The summed E-state index contributed by atoms with van der Waals surface area (Å²) in [6, 6.07) is 6.13. The lowest BCUT2D eigenvalue weighted by atomic mass is 10.1. The number of benzene rings is 1. The summed E-state index contributed by atoms with van der Waals surface area (Å²) in [6.45, 7) is 15.1. The predicted molar refractivity (Wildman–Crippen MR) is 113 cm³/mol. The van der Waals surface area contributed by atoms with Gasteiger partial charge in [0, 0.05) is 50.5 Å². The van der Waals surface area contributed by atoms with Crippen LogP contribution in [0.3, 0.4) is 0 Å². The Balaban J connectivity index is 1.81. The van der Waals surface area contributed by atoms with Gasteiger partial charge in [-0.1, -0.05) is 6.92 Å². The molecular formula is C21H34N4O3. The second kappa shape index (κ2) is 9.78. The second-order valence-electron chi connectivity index (χ2n) is 8.15. The van der Waals surface area contributed by atoms with Crippen molar-refractivity contribution in [3.05, 3.63) is 23.8 Å². The summed E-state index contributed by atoms with van der Waals surface area (Å²) in [4.78, 5) is 28.6. The molecule has 2 N–H and O–H groups in total. The average molecular weight is 391 g/mol. The molecule has 0 radical (unpaired) electrons. The van der Waals surface area contributed by atoms with Gasteiger partial charge in [-0.15, -0.1) is 0 Å². The number of anilines is 2. The number of hydrogen-bond acceptors (Lipinski definition) is 5. The standard InChI is InChI=1S/C21H34N4O3/c1-6-24-11-13-25(14-12-24)17-7-8-18(16(2)15-17)23-19(26)9-10-22-20(27)28-21(3,4)5/h7-8,15H,6,9-14H2,1-5H3,(H,22,27)(H,23,26). The van der Waals surface area contributed by atoms with Crippen molar-refractivity contribution in [1.82, 2.24) is 10.2 Å². The van der Waals surface area contributed by atoms with E-state index >= 15 is 0 Å². The third-order valence-corrected chi connectivity index (χ3v) is 4.69. The monoisotopic (exact) mass is 390 g/mol. The third-order valence-electron chi connectivity index (χ3n) is 4.69. The SMILES string of the molecule is CCN1CCN(c2ccc(NC(=O)CCNC(=O)OC(C)(C)C)c(C)c2)CC1. The van der Waals surface area contributed by atoms with E-state index in [9.17, 15) is 9.59 Å². The molecule has 2 amide bonds. The van der Waals surface area contributed by atoms with Gasteiger partial charge in [0.25, 0.3) is 0 Å². The molecule has 1 fully saturated rings. The highest BCUT2D eigenvalue weighted by Gasteiger charge is 2.17. The van der Waals surface area contributed by atoms with Crippen molar-refractivity contribution in [3.63, 3.8) is 0 Å². The number of hydrogen-bond donors (Lipinski definition) is 2. The first-order valence-corrected chi connectivity index (χ1v) is 10.0. The highest BCUT2D eigenvalue weighted by atomic mass is 16.6. The van der Waals surface area contributed by atoms with Crippen molar-refractivity contribution in [2.75, 3.05) is 49.5 Å². The fourth-order valence-electron chi connectivity index (χ4n) is 3.11. The smallest absolute Gasteiger partial charge is 0.407 e. The predicted octanol–water partition coefficient (Wildman–Crippen LogP) is 2.99. The molecular weight excluding hydrogens is 356 g/mol. The van der Waals surface area contributed by atoms with Gasteiger partial charge in [-0.2, -0.15) is 0 Å². The van der Waals surface area contributed by atoms with E-state index in [1.165, 1.54) is 5.69 Å². The fourth-order valence-corrected chi connectivity index (χ4v) is 3.11. The normalized spacial score (nSPS) is 15.2. The molecule has 2 rings (SSSR count). The number of nitrogens with one attached hydrogen (secondary N) is 2. The van der Waals surface area contributed by atoms with E-state index in [4.69, 9.17) is 4.74 Å². The van der Waals surface area contributed by atoms with Crippen LogP contribution >= 0.6 is 0 Å². The molecule has 0 saturated carbocycles. The Bertz CT molecular complexity index is 677. The van der Waals surface area contributed by atoms with Gasteiger partial charge in [0.05, 0.1) is 0 Å². The van der Waals surface area contributed by atoms with Crippen LogP contribution in [-0.4, -0.2) is 61.8 Å². The number of alkyl carbamates (subject to hydrolysis) is 1. The van der Waals surface area contributed by atoms with Gasteiger partial charge >= 0.3 is 6.09 Å². The zero-order valence-corrected chi connectivity index (χ0v) is 17.8. The molecule has 1 aliphatic rings. The number of amides is 2. The molecule has 1 heterocycles. The minimum absolute atomic E-state index is 0.136. The molecule has 1 aromatic rings. The van der Waals surface area contributed by atoms with Crippen LogP contribution in [0.4, 0.5) is 16.2 Å². The lowest BCUT2D eigenvalue weighted by molar-refractivity contribution is -0.116. The van der Waals surface area contributed by atoms with Crippen LogP contribution in [0.5, 0.6) is 0 Å². The quantitative estimate of drug-likeness (QED) is 0.781. The van der Waals surface area contributed by atoms with Crippen LogP contribution in [-0.2, 0) is 9.53 Å². The largest absolute Gasteiger partial charge is 0.444 e. The summed E-state index contributed by atoms with van der Waals surface area (Å²) in [6.07, 6.45) is -0.316. The summed E-state index contributed by atoms with van der Waals surface area (Å²) >= 11 is 0. The minimum Gasteiger partial charge on any atom is -0.444 e. The van der Waals surface area contributed by atoms with Gasteiger partial charge in [-0.05, 0) is 58.0 Å². The summed E-state index contributed by atoms with van der Waals surface area (Å²) in [7, 11) is 0. The minimum atomic E-state index is -0.547. The van der Waals surface area contributed by atoms with E-state index in [2.05, 4.69) is 39.5 Å². The van der Waals surface area contributed by atoms with Crippen molar-refractivity contribution in [1.29, 1.82) is 0 Å². The molecule has 0 unspecified atom stereocenters. The van der Waals surface area contributed by atoms with Crippen LogP contribution < -0.4 is 15.5 Å². The Morgan fingerprint density at radius 3 is 2.39 bits per heavy atom. The maximum Gasteiger partial charge on any atom is 0.407 e. The van der Waals surface area contributed by atoms with Crippen LogP contribution in [0.1, 0.15) is 39.7 Å². The van der Waals surface area contributed by atoms with Crippen LogP contribution in [0.25, 0.3) is 0 Å². The summed E-state index contributed by atoms with van der Waals surface area (Å²) in [5.41, 5.74) is 2.48. The molecule has 0 aliphatic carbocycles. The molecule has 0 bridgehead atoms. The number of likely N-dealkylation sites (N-methyl/N-ethyl adjacent to an activating group) is 1. The van der Waals surface area contributed by atoms with Crippen LogP contribution in [0, 0.1) is 6.92 Å². The number of rotatable bonds is 6. The van der Waals surface area contributed by atoms with Gasteiger partial charge in [0.1, 0.15) is 5.60 Å². The molecule has 1 saturated heterocycles. The lowest BCUT2D eigenvalue weighted by Gasteiger charge is -2.35. The molecule has 28 heavy (non-hydrogen) atoms. The first kappa shape index (κ1) is 22.0. The van der Waals surface area contributed by atoms with Crippen molar-refractivity contribution in [3.8, 4) is 0 Å². The van der Waals surface area contributed by atoms with Gasteiger partial charge in [-0.25, -0.2) is 4.79 Å². The van der Waals surface area contributed by atoms with Crippen LogP contribution in [0.15, 0.2) is 18.2 Å². The Labute approximate surface area is 168 Å². The number of nitrogens with zero attached hydrogens (tertiary/aromatic N) is 2. The van der Waals surface area contributed by atoms with Crippen molar-refractivity contribution in [2.45, 2.75) is 46.6 Å². The maximum atomic E-state index is 12.2. The van der Waals surface area contributed by atoms with E-state index < -0.39 is 11.7 Å². The fraction of sp³-hybridized carbons (Fsp3) is 0.619. The molecule has 0 aromatic heterocycles. The zero-order chi connectivity index (χ0) is 20.7. The van der Waals surface area contributed by atoms with E-state index in [1.807, 2.05) is 13.0 Å². The van der Waals surface area contributed by atoms with E-state index in [0.29, 0.717) is 0 Å². The van der Waals surface area contributed by atoms with E-state index in [-0.39, 0.29) is 18.9 Å². The Kier molecular flexibility index (Phi) is 7.69. The number of piperazine rings is 1. The van der Waals surface area contributed by atoms with E-state index in [0.717, 1.165) is 44.0 Å². The first-order chi connectivity index (χ1) is 13.2. The lowest BCUT2D eigenvalue weighted by Crippen LogP contribution is -2.46. The second-order valence-corrected chi connectivity index (χ2v) is 8.15. The summed E-state index contributed by atoms with van der Waals surface area (Å²) in [5.74, 6) is -0.136. The molecule has 1 aliphatic heterocycles. The average Bonchev–Trinajstić information content (AvgIpc) is 2.62. The third kappa shape index (κ3) is 7.03. The first-order valence-electron chi connectivity index (χ1n) is 10.0. The Morgan fingerprint density at radius 2 is 1.82 bits per heavy atom. The van der Waals surface area contributed by atoms with Crippen molar-refractivity contribution < 1.29 is 14.3 Å². The van der Waals surface area contributed by atoms with Crippen molar-refractivity contribution in [2.24, 2.45) is 0 Å². The Morgan fingerprint density at radius 1 is 1.14 bits per heavy atom. The van der Waals surface area contributed by atoms with Crippen molar-refractivity contribution >= 4 is 23.4 Å². The number of carbonyl (C=O) groups is 2. The van der Waals surface area contributed by atoms with Crippen LogP contribution in [0.2, 0.25) is 0 Å². The molecule has 1 aromatic carbocycles. The molecule has 7 heteroatoms. The van der Waals surface area contributed by atoms with Gasteiger partial charge in [0.15, 0.2) is 0 Å². The maximum absolute atomic E-state index is 12.2. The van der Waals surface area contributed by atoms with E-state index in [1.54, 1.807) is 20.8 Å². The molecule has 0 spiro atoms. The number of carbonyl (C=O) groups excluding carboxylic acids is 2. The summed E-state index contributed by atoms with van der Waals surface area (Å²) in [5, 5.41) is 5.52.